The molecule has 1 amide bonds. The molecule has 1 aliphatic heterocycles. The maximum Gasteiger partial charge on any atom is 0.282 e. The highest BCUT2D eigenvalue weighted by molar-refractivity contribution is 5.97. The Morgan fingerprint density at radius 1 is 0.969 bits per heavy atom. The van der Waals surface area contributed by atoms with Crippen LogP contribution in [0.3, 0.4) is 0 Å². The Hall–Kier alpha value is -3.44. The van der Waals surface area contributed by atoms with Crippen molar-refractivity contribution < 1.29 is 14.1 Å². The van der Waals surface area contributed by atoms with Gasteiger partial charge in [0, 0.05) is 30.0 Å². The van der Waals surface area contributed by atoms with Gasteiger partial charge in [0.05, 0.1) is 13.1 Å². The Labute approximate surface area is 188 Å². The molecule has 0 spiro atoms. The predicted octanol–water partition coefficient (Wildman–Crippen LogP) is 4.28. The van der Waals surface area contributed by atoms with Crippen LogP contribution >= 0.6 is 0 Å². The van der Waals surface area contributed by atoms with E-state index in [0.717, 1.165) is 59.7 Å². The molecule has 0 unspecified atom stereocenters. The molecule has 0 bridgehead atoms. The maximum atomic E-state index is 13.1. The zero-order valence-corrected chi connectivity index (χ0v) is 18.3. The average molecular weight is 427 g/mol. The van der Waals surface area contributed by atoms with Crippen molar-refractivity contribution in [2.24, 2.45) is 0 Å². The largest absolute Gasteiger partial charge is 0.440 e. The number of oxazole rings is 1. The fourth-order valence-corrected chi connectivity index (χ4v) is 4.62. The SMILES string of the molecule is C[C@H](C(=O)Nc1ccccc1-c1ccccc1)[NH+]1CCC(c2nc3ccccc3o2)CC1. The summed E-state index contributed by atoms with van der Waals surface area (Å²) in [7, 11) is 0. The van der Waals surface area contributed by atoms with Crippen LogP contribution in [-0.2, 0) is 4.79 Å². The van der Waals surface area contributed by atoms with E-state index >= 15 is 0 Å². The first-order chi connectivity index (χ1) is 15.7. The summed E-state index contributed by atoms with van der Waals surface area (Å²) < 4.78 is 5.99. The molecule has 4 aromatic rings. The number of rotatable bonds is 5. The number of hydrogen-bond acceptors (Lipinski definition) is 3. The summed E-state index contributed by atoms with van der Waals surface area (Å²) in [6.07, 6.45) is 1.95. The van der Waals surface area contributed by atoms with Crippen LogP contribution < -0.4 is 10.2 Å². The molecule has 0 aliphatic carbocycles. The van der Waals surface area contributed by atoms with E-state index in [1.807, 2.05) is 73.7 Å². The van der Waals surface area contributed by atoms with Crippen LogP contribution in [0.2, 0.25) is 0 Å². The maximum absolute atomic E-state index is 13.1. The van der Waals surface area contributed by atoms with Crippen molar-refractivity contribution >= 4 is 22.7 Å². The minimum atomic E-state index is -0.122. The van der Waals surface area contributed by atoms with E-state index in [-0.39, 0.29) is 11.9 Å². The molecule has 162 valence electrons. The van der Waals surface area contributed by atoms with E-state index in [1.54, 1.807) is 0 Å². The number of hydrogen-bond donors (Lipinski definition) is 2. The van der Waals surface area contributed by atoms with E-state index in [4.69, 9.17) is 4.42 Å². The van der Waals surface area contributed by atoms with Gasteiger partial charge in [-0.05, 0) is 30.7 Å². The smallest absolute Gasteiger partial charge is 0.282 e. The number of fused-ring (bicyclic) bond motifs is 1. The second-order valence-corrected chi connectivity index (χ2v) is 8.57. The second-order valence-electron chi connectivity index (χ2n) is 8.57. The molecule has 1 atom stereocenters. The predicted molar refractivity (Wildman–Crippen MR) is 127 cm³/mol. The Morgan fingerprint density at radius 2 is 1.66 bits per heavy atom. The fourth-order valence-electron chi connectivity index (χ4n) is 4.62. The quantitative estimate of drug-likeness (QED) is 0.501. The molecule has 5 nitrogen and oxygen atoms in total. The first kappa shape index (κ1) is 20.5. The molecule has 0 radical (unpaired) electrons. The molecule has 32 heavy (non-hydrogen) atoms. The summed E-state index contributed by atoms with van der Waals surface area (Å²) in [4.78, 5) is 19.1. The number of para-hydroxylation sites is 3. The number of benzene rings is 3. The summed E-state index contributed by atoms with van der Waals surface area (Å²) >= 11 is 0. The Balaban J connectivity index is 1.23. The summed E-state index contributed by atoms with van der Waals surface area (Å²) in [5, 5.41) is 3.18. The van der Waals surface area contributed by atoms with Crippen LogP contribution in [0.25, 0.3) is 22.2 Å². The lowest BCUT2D eigenvalue weighted by molar-refractivity contribution is -0.919. The van der Waals surface area contributed by atoms with Crippen LogP contribution in [0.5, 0.6) is 0 Å². The Bertz CT molecular complexity index is 1180. The normalized spacial score (nSPS) is 19.5. The number of anilines is 1. The molecule has 1 fully saturated rings. The Morgan fingerprint density at radius 3 is 2.44 bits per heavy atom. The molecule has 0 saturated carbocycles. The van der Waals surface area contributed by atoms with Crippen molar-refractivity contribution in [3.63, 3.8) is 0 Å². The molecule has 5 rings (SSSR count). The van der Waals surface area contributed by atoms with Gasteiger partial charge in [-0.1, -0.05) is 60.7 Å². The number of aromatic nitrogens is 1. The molecule has 1 aromatic heterocycles. The topological polar surface area (TPSA) is 59.6 Å². The number of nitrogens with one attached hydrogen (secondary N) is 2. The summed E-state index contributed by atoms with van der Waals surface area (Å²) in [6.45, 7) is 3.88. The van der Waals surface area contributed by atoms with Crippen molar-refractivity contribution in [1.29, 1.82) is 0 Å². The number of carbonyl (C=O) groups is 1. The number of amides is 1. The third-order valence-corrected chi connectivity index (χ3v) is 6.56. The van der Waals surface area contributed by atoms with E-state index in [2.05, 4.69) is 22.4 Å². The minimum absolute atomic E-state index is 0.0590. The molecule has 5 heteroatoms. The monoisotopic (exact) mass is 426 g/mol. The zero-order valence-electron chi connectivity index (χ0n) is 18.3. The van der Waals surface area contributed by atoms with Crippen molar-refractivity contribution in [2.75, 3.05) is 18.4 Å². The van der Waals surface area contributed by atoms with Gasteiger partial charge < -0.3 is 14.6 Å². The van der Waals surface area contributed by atoms with Gasteiger partial charge in [0.25, 0.3) is 5.91 Å². The zero-order chi connectivity index (χ0) is 21.9. The van der Waals surface area contributed by atoms with Crippen LogP contribution in [0.4, 0.5) is 5.69 Å². The van der Waals surface area contributed by atoms with Crippen molar-refractivity contribution in [1.82, 2.24) is 4.98 Å². The summed E-state index contributed by atoms with van der Waals surface area (Å²) in [5.74, 6) is 1.21. The van der Waals surface area contributed by atoms with E-state index in [0.29, 0.717) is 5.92 Å². The number of carbonyl (C=O) groups excluding carboxylic acids is 1. The fraction of sp³-hybridized carbons (Fsp3) is 0.259. The molecule has 2 heterocycles. The van der Waals surface area contributed by atoms with Gasteiger partial charge in [-0.15, -0.1) is 0 Å². The highest BCUT2D eigenvalue weighted by Gasteiger charge is 2.32. The Kier molecular flexibility index (Phi) is 5.73. The molecule has 3 aromatic carbocycles. The second kappa shape index (κ2) is 8.97. The van der Waals surface area contributed by atoms with E-state index < -0.39 is 0 Å². The molecule has 1 saturated heterocycles. The van der Waals surface area contributed by atoms with Crippen molar-refractivity contribution in [3.05, 3.63) is 84.8 Å². The van der Waals surface area contributed by atoms with Crippen molar-refractivity contribution in [3.8, 4) is 11.1 Å². The van der Waals surface area contributed by atoms with Gasteiger partial charge >= 0.3 is 0 Å². The van der Waals surface area contributed by atoms with E-state index in [1.165, 1.54) is 4.90 Å². The number of likely N-dealkylation sites (tertiary alicyclic amines) is 1. The summed E-state index contributed by atoms with van der Waals surface area (Å²) in [6, 6.07) is 25.9. The minimum Gasteiger partial charge on any atom is -0.440 e. The average Bonchev–Trinajstić information content (AvgIpc) is 3.29. The van der Waals surface area contributed by atoms with Gasteiger partial charge in [-0.25, -0.2) is 4.98 Å². The first-order valence-corrected chi connectivity index (χ1v) is 11.3. The molecular formula is C27H28N3O2+. The lowest BCUT2D eigenvalue weighted by Gasteiger charge is -2.31. The summed E-state index contributed by atoms with van der Waals surface area (Å²) in [5.41, 5.74) is 4.77. The van der Waals surface area contributed by atoms with Gasteiger partial charge in [0.2, 0.25) is 0 Å². The van der Waals surface area contributed by atoms with Gasteiger partial charge in [0.1, 0.15) is 5.52 Å². The lowest BCUT2D eigenvalue weighted by atomic mass is 9.95. The molecular weight excluding hydrogens is 398 g/mol. The third-order valence-electron chi connectivity index (χ3n) is 6.56. The lowest BCUT2D eigenvalue weighted by Crippen LogP contribution is -3.17. The standard InChI is InChI=1S/C27H27N3O2/c1-19(26(31)28-23-12-6-5-11-22(23)20-9-3-2-4-10-20)30-17-15-21(16-18-30)27-29-24-13-7-8-14-25(24)32-27/h2-14,19,21H,15-18H2,1H3,(H,28,31)/p+1/t19-/m1/s1. The molecule has 2 N–H and O–H groups in total. The number of quaternary nitrogens is 1. The van der Waals surface area contributed by atoms with Gasteiger partial charge in [-0.2, -0.15) is 0 Å². The van der Waals surface area contributed by atoms with Crippen LogP contribution in [-0.4, -0.2) is 30.0 Å². The van der Waals surface area contributed by atoms with Crippen molar-refractivity contribution in [2.45, 2.75) is 31.7 Å². The third kappa shape index (κ3) is 4.16. The van der Waals surface area contributed by atoms with Gasteiger partial charge in [-0.3, -0.25) is 4.79 Å². The number of nitrogens with zero attached hydrogens (tertiary/aromatic N) is 1. The van der Waals surface area contributed by atoms with E-state index in [9.17, 15) is 4.79 Å². The van der Waals surface area contributed by atoms with Crippen LogP contribution in [0.15, 0.2) is 83.3 Å². The van der Waals surface area contributed by atoms with Crippen LogP contribution in [0, 0.1) is 0 Å². The van der Waals surface area contributed by atoms with Crippen LogP contribution in [0.1, 0.15) is 31.6 Å². The molecule has 1 aliphatic rings. The number of piperidine rings is 1. The van der Waals surface area contributed by atoms with Gasteiger partial charge in [0.15, 0.2) is 17.5 Å². The highest BCUT2D eigenvalue weighted by atomic mass is 16.3. The first-order valence-electron chi connectivity index (χ1n) is 11.3. The highest BCUT2D eigenvalue weighted by Crippen LogP contribution is 2.28.